The van der Waals surface area contributed by atoms with E-state index in [2.05, 4.69) is 22.9 Å². The summed E-state index contributed by atoms with van der Waals surface area (Å²) in [4.78, 5) is 0. The van der Waals surface area contributed by atoms with Crippen LogP contribution in [0.5, 0.6) is 0 Å². The lowest BCUT2D eigenvalue weighted by Crippen LogP contribution is -2.40. The standard InChI is InChI=1S/C12H21BrO/c1-10(11-5-6-11)14-12(9-13)7-3-2-4-8-12/h10-11H,2-9H2,1H3. The Morgan fingerprint density at radius 1 is 1.29 bits per heavy atom. The maximum atomic E-state index is 6.31. The number of alkyl halides is 1. The average molecular weight is 261 g/mol. The van der Waals surface area contributed by atoms with Gasteiger partial charge in [-0.2, -0.15) is 0 Å². The third kappa shape index (κ3) is 2.52. The Hall–Kier alpha value is 0.440. The van der Waals surface area contributed by atoms with Crippen LogP contribution in [0.4, 0.5) is 0 Å². The van der Waals surface area contributed by atoms with Crippen molar-refractivity contribution in [3.8, 4) is 0 Å². The highest BCUT2D eigenvalue weighted by atomic mass is 79.9. The van der Waals surface area contributed by atoms with Crippen molar-refractivity contribution in [2.45, 2.75) is 63.6 Å². The number of hydrogen-bond donors (Lipinski definition) is 0. The fourth-order valence-corrected chi connectivity index (χ4v) is 3.23. The van der Waals surface area contributed by atoms with E-state index < -0.39 is 0 Å². The molecule has 0 saturated heterocycles. The Bertz CT molecular complexity index is 183. The van der Waals surface area contributed by atoms with Crippen molar-refractivity contribution in [3.63, 3.8) is 0 Å². The maximum Gasteiger partial charge on any atom is 0.0782 e. The molecule has 82 valence electrons. The quantitative estimate of drug-likeness (QED) is 0.697. The molecule has 2 aliphatic carbocycles. The van der Waals surface area contributed by atoms with Crippen molar-refractivity contribution < 1.29 is 4.74 Å². The first kappa shape index (κ1) is 10.9. The Kier molecular flexibility index (Phi) is 3.54. The molecule has 2 aliphatic rings. The van der Waals surface area contributed by atoms with Gasteiger partial charge < -0.3 is 4.74 Å². The maximum absolute atomic E-state index is 6.31. The molecule has 0 aromatic carbocycles. The van der Waals surface area contributed by atoms with E-state index in [0.29, 0.717) is 6.10 Å². The smallest absolute Gasteiger partial charge is 0.0782 e. The van der Waals surface area contributed by atoms with Gasteiger partial charge in [0.25, 0.3) is 0 Å². The van der Waals surface area contributed by atoms with Gasteiger partial charge >= 0.3 is 0 Å². The molecule has 2 fully saturated rings. The Morgan fingerprint density at radius 3 is 2.43 bits per heavy atom. The molecule has 0 radical (unpaired) electrons. The zero-order valence-electron chi connectivity index (χ0n) is 9.10. The molecule has 0 aliphatic heterocycles. The SMILES string of the molecule is CC(OC1(CBr)CCCCC1)C1CC1. The lowest BCUT2D eigenvalue weighted by atomic mass is 9.86. The minimum atomic E-state index is 0.181. The van der Waals surface area contributed by atoms with E-state index >= 15 is 0 Å². The number of halogens is 1. The molecule has 1 atom stereocenters. The second kappa shape index (κ2) is 4.52. The van der Waals surface area contributed by atoms with Crippen LogP contribution in [-0.2, 0) is 4.74 Å². The van der Waals surface area contributed by atoms with Crippen LogP contribution in [0.15, 0.2) is 0 Å². The molecule has 2 rings (SSSR count). The molecule has 0 bridgehead atoms. The fourth-order valence-electron chi connectivity index (χ4n) is 2.54. The van der Waals surface area contributed by atoms with Gasteiger partial charge in [0, 0.05) is 5.33 Å². The van der Waals surface area contributed by atoms with Gasteiger partial charge in [-0.25, -0.2) is 0 Å². The molecule has 0 aromatic rings. The third-order valence-corrected chi connectivity index (χ3v) is 4.75. The summed E-state index contributed by atoms with van der Waals surface area (Å²) in [5.74, 6) is 0.868. The van der Waals surface area contributed by atoms with Crippen LogP contribution in [-0.4, -0.2) is 17.0 Å². The number of hydrogen-bond acceptors (Lipinski definition) is 1. The summed E-state index contributed by atoms with van der Waals surface area (Å²) in [7, 11) is 0. The van der Waals surface area contributed by atoms with Crippen LogP contribution >= 0.6 is 15.9 Å². The minimum absolute atomic E-state index is 0.181. The first-order valence-electron chi connectivity index (χ1n) is 5.99. The van der Waals surface area contributed by atoms with Crippen molar-refractivity contribution in [1.82, 2.24) is 0 Å². The molecular weight excluding hydrogens is 240 g/mol. The predicted octanol–water partition coefficient (Wildman–Crippen LogP) is 3.90. The first-order chi connectivity index (χ1) is 6.76. The average Bonchev–Trinajstić information content (AvgIpc) is 3.02. The van der Waals surface area contributed by atoms with Gasteiger partial charge in [-0.05, 0) is 38.5 Å². The van der Waals surface area contributed by atoms with E-state index in [1.807, 2.05) is 0 Å². The van der Waals surface area contributed by atoms with Crippen LogP contribution in [0.1, 0.15) is 51.9 Å². The highest BCUT2D eigenvalue weighted by Gasteiger charge is 2.38. The van der Waals surface area contributed by atoms with Gasteiger partial charge in [0.05, 0.1) is 11.7 Å². The summed E-state index contributed by atoms with van der Waals surface area (Å²) in [5.41, 5.74) is 0.181. The van der Waals surface area contributed by atoms with Crippen LogP contribution in [0.2, 0.25) is 0 Å². The van der Waals surface area contributed by atoms with E-state index in [9.17, 15) is 0 Å². The zero-order chi connectivity index (χ0) is 10.0. The molecule has 0 heterocycles. The highest BCUT2D eigenvalue weighted by Crippen LogP contribution is 2.40. The summed E-state index contributed by atoms with van der Waals surface area (Å²) in [5, 5.41) is 1.02. The number of ether oxygens (including phenoxy) is 1. The van der Waals surface area contributed by atoms with E-state index in [-0.39, 0.29) is 5.60 Å². The van der Waals surface area contributed by atoms with Gasteiger partial charge in [-0.1, -0.05) is 35.2 Å². The van der Waals surface area contributed by atoms with Crippen LogP contribution in [0, 0.1) is 5.92 Å². The molecule has 0 spiro atoms. The van der Waals surface area contributed by atoms with Gasteiger partial charge in [0.15, 0.2) is 0 Å². The Morgan fingerprint density at radius 2 is 1.93 bits per heavy atom. The van der Waals surface area contributed by atoms with Gasteiger partial charge in [0.1, 0.15) is 0 Å². The van der Waals surface area contributed by atoms with Crippen molar-refractivity contribution in [2.75, 3.05) is 5.33 Å². The molecule has 0 amide bonds. The summed E-state index contributed by atoms with van der Waals surface area (Å²) in [6.45, 7) is 2.26. The van der Waals surface area contributed by atoms with E-state index in [1.54, 1.807) is 0 Å². The minimum Gasteiger partial charge on any atom is -0.371 e. The van der Waals surface area contributed by atoms with Crippen molar-refractivity contribution in [2.24, 2.45) is 5.92 Å². The van der Waals surface area contributed by atoms with Gasteiger partial charge in [-0.15, -0.1) is 0 Å². The predicted molar refractivity (Wildman–Crippen MR) is 62.9 cm³/mol. The van der Waals surface area contributed by atoms with Crippen LogP contribution in [0.3, 0.4) is 0 Å². The lowest BCUT2D eigenvalue weighted by Gasteiger charge is -2.38. The van der Waals surface area contributed by atoms with Crippen LogP contribution in [0.25, 0.3) is 0 Å². The highest BCUT2D eigenvalue weighted by molar-refractivity contribution is 9.09. The summed E-state index contributed by atoms with van der Waals surface area (Å²) in [6.07, 6.45) is 9.89. The van der Waals surface area contributed by atoms with E-state index in [1.165, 1.54) is 44.9 Å². The monoisotopic (exact) mass is 260 g/mol. The molecule has 2 heteroatoms. The molecule has 1 unspecified atom stereocenters. The van der Waals surface area contributed by atoms with Crippen molar-refractivity contribution >= 4 is 15.9 Å². The summed E-state index contributed by atoms with van der Waals surface area (Å²) in [6, 6.07) is 0. The van der Waals surface area contributed by atoms with E-state index in [4.69, 9.17) is 4.74 Å². The fraction of sp³-hybridized carbons (Fsp3) is 1.00. The summed E-state index contributed by atoms with van der Waals surface area (Å²) >= 11 is 3.64. The molecule has 1 nitrogen and oxygen atoms in total. The topological polar surface area (TPSA) is 9.23 Å². The zero-order valence-corrected chi connectivity index (χ0v) is 10.7. The normalized spacial score (nSPS) is 28.7. The van der Waals surface area contributed by atoms with Gasteiger partial charge in [-0.3, -0.25) is 0 Å². The molecule has 2 saturated carbocycles. The first-order valence-corrected chi connectivity index (χ1v) is 7.12. The number of rotatable bonds is 4. The third-order valence-electron chi connectivity index (χ3n) is 3.73. The second-order valence-electron chi connectivity index (χ2n) is 5.04. The lowest BCUT2D eigenvalue weighted by molar-refractivity contribution is -0.0983. The summed E-state index contributed by atoms with van der Waals surface area (Å²) < 4.78 is 6.31. The van der Waals surface area contributed by atoms with E-state index in [0.717, 1.165) is 11.2 Å². The van der Waals surface area contributed by atoms with Crippen LogP contribution < -0.4 is 0 Å². The van der Waals surface area contributed by atoms with Crippen molar-refractivity contribution in [1.29, 1.82) is 0 Å². The largest absolute Gasteiger partial charge is 0.371 e. The molecule has 0 N–H and O–H groups in total. The second-order valence-corrected chi connectivity index (χ2v) is 5.60. The Labute approximate surface area is 95.7 Å². The van der Waals surface area contributed by atoms with Gasteiger partial charge in [0.2, 0.25) is 0 Å². The van der Waals surface area contributed by atoms with Crippen molar-refractivity contribution in [3.05, 3.63) is 0 Å². The molecular formula is C12H21BrO. The molecule has 0 aromatic heterocycles. The molecule has 14 heavy (non-hydrogen) atoms. The Balaban J connectivity index is 1.89.